The van der Waals surface area contributed by atoms with E-state index < -0.39 is 0 Å². The number of likely N-dealkylation sites (N-methyl/N-ethyl adjacent to an activating group) is 1. The van der Waals surface area contributed by atoms with Crippen molar-refractivity contribution in [2.75, 3.05) is 38.1 Å². The van der Waals surface area contributed by atoms with Crippen LogP contribution in [0.3, 0.4) is 0 Å². The summed E-state index contributed by atoms with van der Waals surface area (Å²) >= 11 is 0. The van der Waals surface area contributed by atoms with Crippen LogP contribution in [0.2, 0.25) is 0 Å². The molecule has 3 heterocycles. The van der Waals surface area contributed by atoms with E-state index in [0.717, 1.165) is 38.3 Å². The van der Waals surface area contributed by atoms with Crippen molar-refractivity contribution >= 4 is 11.6 Å². The Morgan fingerprint density at radius 2 is 1.96 bits per heavy atom. The lowest BCUT2D eigenvalue weighted by molar-refractivity contribution is -0.123. The summed E-state index contributed by atoms with van der Waals surface area (Å²) in [6, 6.07) is 14.2. The van der Waals surface area contributed by atoms with Gasteiger partial charge in [-0.2, -0.15) is 0 Å². The number of hydrogen-bond donors (Lipinski definition) is 0. The smallest absolute Gasteiger partial charge is 0.241 e. The largest absolute Gasteiger partial charge is 0.309 e. The van der Waals surface area contributed by atoms with Crippen LogP contribution in [0.4, 0.5) is 5.69 Å². The van der Waals surface area contributed by atoms with Crippen LogP contribution in [0.5, 0.6) is 0 Å². The van der Waals surface area contributed by atoms with Crippen molar-refractivity contribution < 1.29 is 4.79 Å². The Morgan fingerprint density at radius 1 is 1.12 bits per heavy atom. The summed E-state index contributed by atoms with van der Waals surface area (Å²) < 4.78 is 0. The van der Waals surface area contributed by atoms with Gasteiger partial charge in [-0.1, -0.05) is 24.3 Å². The number of para-hydroxylation sites is 1. The average molecular weight is 336 g/mol. The molecule has 1 atom stereocenters. The monoisotopic (exact) mass is 336 g/mol. The SMILES string of the molecule is CN1CC(=O)N(c2ccccc2)C[C@@]12CCN(Cc1cccnc1)C2. The van der Waals surface area contributed by atoms with Gasteiger partial charge in [0.2, 0.25) is 5.91 Å². The third-order valence-corrected chi connectivity index (χ3v) is 5.54. The summed E-state index contributed by atoms with van der Waals surface area (Å²) in [4.78, 5) is 23.5. The van der Waals surface area contributed by atoms with Crippen molar-refractivity contribution in [2.45, 2.75) is 18.5 Å². The number of anilines is 1. The Morgan fingerprint density at radius 3 is 2.72 bits per heavy atom. The lowest BCUT2D eigenvalue weighted by Gasteiger charge is -2.47. The van der Waals surface area contributed by atoms with E-state index in [0.29, 0.717) is 6.54 Å². The topological polar surface area (TPSA) is 39.7 Å². The summed E-state index contributed by atoms with van der Waals surface area (Å²) in [7, 11) is 2.09. The maximum atomic E-state index is 12.6. The summed E-state index contributed by atoms with van der Waals surface area (Å²) in [5.41, 5.74) is 2.28. The second-order valence-corrected chi connectivity index (χ2v) is 7.22. The van der Waals surface area contributed by atoms with Crippen LogP contribution in [0.25, 0.3) is 0 Å². The lowest BCUT2D eigenvalue weighted by atomic mass is 9.92. The molecule has 0 unspecified atom stereocenters. The number of rotatable bonds is 3. The number of aromatic nitrogens is 1. The number of pyridine rings is 1. The molecule has 0 aliphatic carbocycles. The predicted octanol–water partition coefficient (Wildman–Crippen LogP) is 2.00. The number of carbonyl (C=O) groups is 1. The molecular weight excluding hydrogens is 312 g/mol. The standard InChI is InChI=1S/C20H24N4O/c1-22-14-19(25)24(18-7-3-2-4-8-18)16-20(22)9-11-23(15-20)13-17-6-5-10-21-12-17/h2-8,10,12H,9,11,13-16H2,1H3/t20-/m0/s1. The highest BCUT2D eigenvalue weighted by molar-refractivity contribution is 5.96. The van der Waals surface area contributed by atoms with Gasteiger partial charge < -0.3 is 4.90 Å². The van der Waals surface area contributed by atoms with Crippen molar-refractivity contribution in [3.63, 3.8) is 0 Å². The number of hydrogen-bond acceptors (Lipinski definition) is 4. The molecule has 2 fully saturated rings. The number of piperazine rings is 1. The maximum Gasteiger partial charge on any atom is 0.241 e. The Balaban J connectivity index is 1.51. The van der Waals surface area contributed by atoms with E-state index in [-0.39, 0.29) is 11.4 Å². The van der Waals surface area contributed by atoms with Crippen LogP contribution in [-0.4, -0.2) is 59.5 Å². The van der Waals surface area contributed by atoms with Gasteiger partial charge in [0.25, 0.3) is 0 Å². The molecule has 1 aromatic carbocycles. The number of nitrogens with zero attached hydrogens (tertiary/aromatic N) is 4. The van der Waals surface area contributed by atoms with E-state index in [9.17, 15) is 4.79 Å². The molecule has 1 spiro atoms. The van der Waals surface area contributed by atoms with E-state index in [1.807, 2.05) is 53.7 Å². The Bertz CT molecular complexity index is 736. The molecule has 1 aromatic heterocycles. The van der Waals surface area contributed by atoms with Crippen molar-refractivity contribution in [1.29, 1.82) is 0 Å². The Labute approximate surface area is 148 Å². The summed E-state index contributed by atoms with van der Waals surface area (Å²) in [6.45, 7) is 4.19. The van der Waals surface area contributed by atoms with Gasteiger partial charge in [0.1, 0.15) is 0 Å². The number of carbonyl (C=O) groups excluding carboxylic acids is 1. The molecule has 2 aromatic rings. The molecule has 2 aliphatic heterocycles. The zero-order valence-corrected chi connectivity index (χ0v) is 14.6. The molecule has 2 aliphatic rings. The van der Waals surface area contributed by atoms with Crippen LogP contribution in [0.15, 0.2) is 54.9 Å². The lowest BCUT2D eigenvalue weighted by Crippen LogP contribution is -2.64. The summed E-state index contributed by atoms with van der Waals surface area (Å²) in [6.07, 6.45) is 4.84. The second kappa shape index (κ2) is 6.58. The molecule has 0 N–H and O–H groups in total. The van der Waals surface area contributed by atoms with Gasteiger partial charge in [-0.3, -0.25) is 19.6 Å². The van der Waals surface area contributed by atoms with Gasteiger partial charge in [-0.25, -0.2) is 0 Å². The molecule has 0 saturated carbocycles. The molecule has 0 bridgehead atoms. The Kier molecular flexibility index (Phi) is 4.27. The zero-order chi connectivity index (χ0) is 17.3. The summed E-state index contributed by atoms with van der Waals surface area (Å²) in [5.74, 6) is 0.185. The first-order chi connectivity index (χ1) is 12.2. The Hall–Kier alpha value is -2.24. The molecule has 4 rings (SSSR count). The zero-order valence-electron chi connectivity index (χ0n) is 14.6. The highest BCUT2D eigenvalue weighted by atomic mass is 16.2. The van der Waals surface area contributed by atoms with Gasteiger partial charge in [0, 0.05) is 44.3 Å². The molecule has 0 radical (unpaired) electrons. The van der Waals surface area contributed by atoms with E-state index in [2.05, 4.69) is 27.9 Å². The van der Waals surface area contributed by atoms with Gasteiger partial charge in [-0.15, -0.1) is 0 Å². The van der Waals surface area contributed by atoms with Crippen LogP contribution in [0.1, 0.15) is 12.0 Å². The van der Waals surface area contributed by atoms with Gasteiger partial charge in [0.15, 0.2) is 0 Å². The first-order valence-electron chi connectivity index (χ1n) is 8.84. The molecule has 1 amide bonds. The van der Waals surface area contributed by atoms with Crippen LogP contribution >= 0.6 is 0 Å². The average Bonchev–Trinajstić information content (AvgIpc) is 3.04. The van der Waals surface area contributed by atoms with Crippen molar-refractivity contribution in [2.24, 2.45) is 0 Å². The van der Waals surface area contributed by atoms with Gasteiger partial charge >= 0.3 is 0 Å². The molecule has 5 heteroatoms. The highest BCUT2D eigenvalue weighted by Gasteiger charge is 2.47. The summed E-state index contributed by atoms with van der Waals surface area (Å²) in [5, 5.41) is 0. The fraction of sp³-hybridized carbons (Fsp3) is 0.400. The van der Waals surface area contributed by atoms with Gasteiger partial charge in [0.05, 0.1) is 12.1 Å². The van der Waals surface area contributed by atoms with E-state index in [1.54, 1.807) is 0 Å². The van der Waals surface area contributed by atoms with Crippen molar-refractivity contribution in [3.8, 4) is 0 Å². The fourth-order valence-corrected chi connectivity index (χ4v) is 4.07. The van der Waals surface area contributed by atoms with Gasteiger partial charge in [-0.05, 0) is 37.2 Å². The first kappa shape index (κ1) is 16.2. The third-order valence-electron chi connectivity index (χ3n) is 5.54. The van der Waals surface area contributed by atoms with Crippen LogP contribution in [-0.2, 0) is 11.3 Å². The first-order valence-corrected chi connectivity index (χ1v) is 8.84. The van der Waals surface area contributed by atoms with E-state index in [4.69, 9.17) is 0 Å². The fourth-order valence-electron chi connectivity index (χ4n) is 4.07. The van der Waals surface area contributed by atoms with Crippen LogP contribution < -0.4 is 4.90 Å². The highest BCUT2D eigenvalue weighted by Crippen LogP contribution is 2.33. The molecule has 2 saturated heterocycles. The number of benzene rings is 1. The van der Waals surface area contributed by atoms with E-state index >= 15 is 0 Å². The normalized spacial score (nSPS) is 25.0. The predicted molar refractivity (Wildman–Crippen MR) is 98.3 cm³/mol. The van der Waals surface area contributed by atoms with Crippen LogP contribution in [0, 0.1) is 0 Å². The van der Waals surface area contributed by atoms with E-state index in [1.165, 1.54) is 5.56 Å². The third kappa shape index (κ3) is 3.17. The minimum atomic E-state index is 0.0337. The van der Waals surface area contributed by atoms with Crippen molar-refractivity contribution in [1.82, 2.24) is 14.8 Å². The molecule has 5 nitrogen and oxygen atoms in total. The second-order valence-electron chi connectivity index (χ2n) is 7.22. The molecule has 25 heavy (non-hydrogen) atoms. The quantitative estimate of drug-likeness (QED) is 0.860. The minimum Gasteiger partial charge on any atom is -0.309 e. The number of amides is 1. The minimum absolute atomic E-state index is 0.0337. The van der Waals surface area contributed by atoms with Crippen molar-refractivity contribution in [3.05, 3.63) is 60.4 Å². The molecule has 130 valence electrons. The molecular formula is C20H24N4O. The maximum absolute atomic E-state index is 12.6. The number of likely N-dealkylation sites (tertiary alicyclic amines) is 1.